The SMILES string of the molecule is O=C(CCc1ccc(Cl)cc1Cl)[C@@]1(F)CC[C@](O)(CO)c2ncccc21. The zero-order valence-electron chi connectivity index (χ0n) is 13.9. The smallest absolute Gasteiger partial charge is 0.195 e. The van der Waals surface area contributed by atoms with Gasteiger partial charge in [-0.3, -0.25) is 9.78 Å². The molecule has 0 fully saturated rings. The Morgan fingerprint density at radius 3 is 2.73 bits per heavy atom. The topological polar surface area (TPSA) is 70.4 Å². The van der Waals surface area contributed by atoms with E-state index in [0.717, 1.165) is 0 Å². The summed E-state index contributed by atoms with van der Waals surface area (Å²) in [5.74, 6) is -0.599. The van der Waals surface area contributed by atoms with Crippen molar-refractivity contribution in [2.75, 3.05) is 6.61 Å². The van der Waals surface area contributed by atoms with Crippen LogP contribution in [0.1, 0.15) is 36.1 Å². The van der Waals surface area contributed by atoms with E-state index in [0.29, 0.717) is 15.6 Å². The van der Waals surface area contributed by atoms with Crippen molar-refractivity contribution < 1.29 is 19.4 Å². The Balaban J connectivity index is 1.85. The number of aromatic nitrogens is 1. The molecule has 0 radical (unpaired) electrons. The number of carbonyl (C=O) groups excluding carboxylic acids is 1. The summed E-state index contributed by atoms with van der Waals surface area (Å²) in [4.78, 5) is 16.7. The van der Waals surface area contributed by atoms with Gasteiger partial charge in [-0.25, -0.2) is 4.39 Å². The molecule has 2 aromatic rings. The lowest BCUT2D eigenvalue weighted by molar-refractivity contribution is -0.135. The molecule has 2 atom stereocenters. The number of hydrogen-bond acceptors (Lipinski definition) is 4. The van der Waals surface area contributed by atoms with E-state index >= 15 is 4.39 Å². The fourth-order valence-corrected chi connectivity index (χ4v) is 3.85. The molecule has 1 aromatic carbocycles. The van der Waals surface area contributed by atoms with Gasteiger partial charge in [0.15, 0.2) is 11.5 Å². The number of hydrogen-bond donors (Lipinski definition) is 2. The lowest BCUT2D eigenvalue weighted by Gasteiger charge is -2.38. The maximum Gasteiger partial charge on any atom is 0.195 e. The molecular weight excluding hydrogens is 380 g/mol. The van der Waals surface area contributed by atoms with Gasteiger partial charge >= 0.3 is 0 Å². The number of fused-ring (bicyclic) bond motifs is 1. The summed E-state index contributed by atoms with van der Waals surface area (Å²) < 4.78 is 15.7. The van der Waals surface area contributed by atoms with Crippen LogP contribution in [-0.2, 0) is 22.5 Å². The number of benzene rings is 1. The number of aryl methyl sites for hydroxylation is 1. The summed E-state index contributed by atoms with van der Waals surface area (Å²) in [5.41, 5.74) is -3.12. The van der Waals surface area contributed by atoms with E-state index in [2.05, 4.69) is 4.98 Å². The molecule has 138 valence electrons. The van der Waals surface area contributed by atoms with Crippen molar-refractivity contribution in [2.24, 2.45) is 0 Å². The molecule has 0 spiro atoms. The van der Waals surface area contributed by atoms with Crippen LogP contribution in [0.4, 0.5) is 4.39 Å². The molecule has 1 aliphatic carbocycles. The van der Waals surface area contributed by atoms with Gasteiger partial charge in [0, 0.05) is 28.2 Å². The summed E-state index contributed by atoms with van der Waals surface area (Å²) in [7, 11) is 0. The number of alkyl halides is 1. The third kappa shape index (κ3) is 3.37. The van der Waals surface area contributed by atoms with Crippen molar-refractivity contribution >= 4 is 29.0 Å². The first-order valence-electron chi connectivity index (χ1n) is 8.25. The van der Waals surface area contributed by atoms with Gasteiger partial charge in [-0.2, -0.15) is 0 Å². The molecule has 1 aliphatic rings. The summed E-state index contributed by atoms with van der Waals surface area (Å²) >= 11 is 12.0. The zero-order valence-corrected chi connectivity index (χ0v) is 15.4. The number of nitrogens with zero attached hydrogens (tertiary/aromatic N) is 1. The number of halogens is 3. The van der Waals surface area contributed by atoms with Gasteiger partial charge in [-0.05, 0) is 43.0 Å². The molecule has 26 heavy (non-hydrogen) atoms. The second-order valence-electron chi connectivity index (χ2n) is 6.55. The summed E-state index contributed by atoms with van der Waals surface area (Å²) in [6.07, 6.45) is 1.33. The van der Waals surface area contributed by atoms with E-state index in [1.54, 1.807) is 18.2 Å². The molecule has 7 heteroatoms. The van der Waals surface area contributed by atoms with Crippen molar-refractivity contribution in [3.63, 3.8) is 0 Å². The Bertz CT molecular complexity index is 847. The van der Waals surface area contributed by atoms with Gasteiger partial charge in [-0.1, -0.05) is 35.3 Å². The molecule has 3 rings (SSSR count). The number of aliphatic hydroxyl groups is 2. The van der Waals surface area contributed by atoms with E-state index in [1.807, 2.05) is 0 Å². The molecule has 0 saturated carbocycles. The van der Waals surface area contributed by atoms with Crippen molar-refractivity contribution in [2.45, 2.75) is 37.0 Å². The van der Waals surface area contributed by atoms with Gasteiger partial charge in [0.25, 0.3) is 0 Å². The first-order valence-corrected chi connectivity index (χ1v) is 9.01. The quantitative estimate of drug-likeness (QED) is 0.806. The highest BCUT2D eigenvalue weighted by Crippen LogP contribution is 2.46. The van der Waals surface area contributed by atoms with Crippen molar-refractivity contribution in [1.82, 2.24) is 4.98 Å². The summed E-state index contributed by atoms with van der Waals surface area (Å²) in [6, 6.07) is 7.91. The van der Waals surface area contributed by atoms with Crippen LogP contribution in [0.5, 0.6) is 0 Å². The predicted octanol–water partition coefficient (Wildman–Crippen LogP) is 3.73. The molecule has 4 nitrogen and oxygen atoms in total. The average Bonchev–Trinajstić information content (AvgIpc) is 2.64. The van der Waals surface area contributed by atoms with E-state index in [1.165, 1.54) is 18.3 Å². The minimum Gasteiger partial charge on any atom is -0.393 e. The van der Waals surface area contributed by atoms with Crippen LogP contribution in [0.3, 0.4) is 0 Å². The standard InChI is InChI=1S/C19H18Cl2FNO3/c20-13-5-3-12(15(21)10-13)4-6-16(25)19(22)8-7-18(26,11-24)17-14(19)2-1-9-23-17/h1-3,5,9-10,24,26H,4,6-8,11H2/t18-,19+/m0/s1. The molecular formula is C19H18Cl2FNO3. The normalized spacial score (nSPS) is 25.0. The molecule has 1 aromatic heterocycles. The highest BCUT2D eigenvalue weighted by Gasteiger charge is 2.51. The maximum absolute atomic E-state index is 15.7. The average molecular weight is 398 g/mol. The van der Waals surface area contributed by atoms with E-state index in [9.17, 15) is 15.0 Å². The first-order chi connectivity index (χ1) is 12.3. The van der Waals surface area contributed by atoms with E-state index in [-0.39, 0.29) is 36.9 Å². The van der Waals surface area contributed by atoms with Crippen molar-refractivity contribution in [3.8, 4) is 0 Å². The van der Waals surface area contributed by atoms with Gasteiger partial charge in [0.1, 0.15) is 5.60 Å². The molecule has 0 bridgehead atoms. The number of carbonyl (C=O) groups is 1. The Morgan fingerprint density at radius 1 is 1.27 bits per heavy atom. The van der Waals surface area contributed by atoms with Crippen LogP contribution in [0.25, 0.3) is 0 Å². The predicted molar refractivity (Wildman–Crippen MR) is 97.0 cm³/mol. The fourth-order valence-electron chi connectivity index (χ4n) is 3.34. The Kier molecular flexibility index (Phi) is 5.35. The summed E-state index contributed by atoms with van der Waals surface area (Å²) in [5, 5.41) is 20.9. The van der Waals surface area contributed by atoms with Crippen LogP contribution < -0.4 is 0 Å². The number of aliphatic hydroxyl groups excluding tert-OH is 1. The molecule has 0 saturated heterocycles. The van der Waals surface area contributed by atoms with E-state index < -0.39 is 23.7 Å². The van der Waals surface area contributed by atoms with Crippen LogP contribution in [0.15, 0.2) is 36.5 Å². The second kappa shape index (κ2) is 7.24. The van der Waals surface area contributed by atoms with Gasteiger partial charge in [0.2, 0.25) is 0 Å². The van der Waals surface area contributed by atoms with Crippen LogP contribution in [0, 0.1) is 0 Å². The highest BCUT2D eigenvalue weighted by molar-refractivity contribution is 6.35. The van der Waals surface area contributed by atoms with Crippen molar-refractivity contribution in [1.29, 1.82) is 0 Å². The first kappa shape index (κ1) is 19.2. The number of rotatable bonds is 5. The molecule has 0 aliphatic heterocycles. The second-order valence-corrected chi connectivity index (χ2v) is 7.39. The maximum atomic E-state index is 15.7. The third-order valence-corrected chi connectivity index (χ3v) is 5.49. The van der Waals surface area contributed by atoms with Crippen LogP contribution in [0.2, 0.25) is 10.0 Å². The molecule has 0 amide bonds. The Hall–Kier alpha value is -1.53. The lowest BCUT2D eigenvalue weighted by Crippen LogP contribution is -2.45. The van der Waals surface area contributed by atoms with Gasteiger partial charge in [-0.15, -0.1) is 0 Å². The zero-order chi connectivity index (χ0) is 18.9. The fraction of sp³-hybridized carbons (Fsp3) is 0.368. The van der Waals surface area contributed by atoms with Crippen molar-refractivity contribution in [3.05, 3.63) is 63.4 Å². The largest absolute Gasteiger partial charge is 0.393 e. The minimum atomic E-state index is -2.25. The lowest BCUT2D eigenvalue weighted by atomic mass is 9.72. The molecule has 1 heterocycles. The minimum absolute atomic E-state index is 0.0223. The van der Waals surface area contributed by atoms with Gasteiger partial charge < -0.3 is 10.2 Å². The molecule has 2 N–H and O–H groups in total. The third-order valence-electron chi connectivity index (χ3n) is 4.90. The van der Waals surface area contributed by atoms with Crippen LogP contribution >= 0.6 is 23.2 Å². The van der Waals surface area contributed by atoms with Gasteiger partial charge in [0.05, 0.1) is 12.3 Å². The Morgan fingerprint density at radius 2 is 2.04 bits per heavy atom. The van der Waals surface area contributed by atoms with Crippen LogP contribution in [-0.4, -0.2) is 27.6 Å². The number of pyridine rings is 1. The Labute approximate surface area is 160 Å². The summed E-state index contributed by atoms with van der Waals surface area (Å²) in [6.45, 7) is -0.582. The number of Topliss-reactive ketones (excluding diaryl/α,β-unsaturated/α-hetero) is 1. The van der Waals surface area contributed by atoms with E-state index in [4.69, 9.17) is 23.2 Å². The number of ketones is 1. The monoisotopic (exact) mass is 397 g/mol. The highest BCUT2D eigenvalue weighted by atomic mass is 35.5. The molecule has 0 unspecified atom stereocenters.